The maximum Gasteiger partial charge on any atom is 0.257 e. The summed E-state index contributed by atoms with van der Waals surface area (Å²) >= 11 is 7.35. The van der Waals surface area contributed by atoms with E-state index in [1.54, 1.807) is 18.2 Å². The third kappa shape index (κ3) is 3.58. The van der Waals surface area contributed by atoms with Gasteiger partial charge in [0.2, 0.25) is 0 Å². The molecule has 0 spiro atoms. The Bertz CT molecular complexity index is 1170. The molecule has 27 heavy (non-hydrogen) atoms. The number of nitrogens with one attached hydrogen (secondary N) is 1. The summed E-state index contributed by atoms with van der Waals surface area (Å²) in [5.74, 6) is 0.435. The predicted octanol–water partition coefficient (Wildman–Crippen LogP) is 3.38. The summed E-state index contributed by atoms with van der Waals surface area (Å²) in [6.07, 6.45) is 1.14. The molecule has 4 rings (SSSR count). The standard InChI is InChI=1S/C17H13ClN2O5S2/c1-27(22,23)10-2-3-12-14(8-10)26-17(19-12)20-16(21)9-6-11(18)15-13(7-9)24-4-5-25-15/h2-3,6-8H,4-5H2,1H3,(H,19,20,21). The highest BCUT2D eigenvalue weighted by molar-refractivity contribution is 7.90. The van der Waals surface area contributed by atoms with Crippen LogP contribution in [0.5, 0.6) is 11.5 Å². The zero-order valence-electron chi connectivity index (χ0n) is 14.0. The van der Waals surface area contributed by atoms with Crippen LogP contribution in [0.25, 0.3) is 10.2 Å². The first kappa shape index (κ1) is 18.0. The van der Waals surface area contributed by atoms with Crippen molar-refractivity contribution in [1.29, 1.82) is 0 Å². The summed E-state index contributed by atoms with van der Waals surface area (Å²) in [6.45, 7) is 0.786. The van der Waals surface area contributed by atoms with E-state index < -0.39 is 15.7 Å². The number of benzene rings is 2. The largest absolute Gasteiger partial charge is 0.486 e. The first-order valence-electron chi connectivity index (χ1n) is 7.82. The molecule has 0 radical (unpaired) electrons. The Balaban J connectivity index is 1.62. The van der Waals surface area contributed by atoms with E-state index in [1.165, 1.54) is 23.5 Å². The number of hydrogen-bond acceptors (Lipinski definition) is 7. The topological polar surface area (TPSA) is 94.6 Å². The number of hydrogen-bond donors (Lipinski definition) is 1. The van der Waals surface area contributed by atoms with Crippen LogP contribution in [0.2, 0.25) is 5.02 Å². The number of rotatable bonds is 3. The van der Waals surface area contributed by atoms with Gasteiger partial charge in [-0.05, 0) is 30.3 Å². The zero-order chi connectivity index (χ0) is 19.2. The molecule has 0 fully saturated rings. The minimum Gasteiger partial charge on any atom is -0.486 e. The Morgan fingerprint density at radius 1 is 1.22 bits per heavy atom. The van der Waals surface area contributed by atoms with Gasteiger partial charge in [0.05, 0.1) is 20.1 Å². The molecule has 0 atom stereocenters. The molecule has 1 N–H and O–H groups in total. The number of sulfone groups is 1. The summed E-state index contributed by atoms with van der Waals surface area (Å²) in [4.78, 5) is 17.1. The first-order chi connectivity index (χ1) is 12.8. The van der Waals surface area contributed by atoms with Gasteiger partial charge < -0.3 is 9.47 Å². The Morgan fingerprint density at radius 2 is 2.00 bits per heavy atom. The van der Waals surface area contributed by atoms with Gasteiger partial charge >= 0.3 is 0 Å². The molecular weight excluding hydrogens is 412 g/mol. The second-order valence-corrected chi connectivity index (χ2v) is 9.31. The molecule has 10 heteroatoms. The van der Waals surface area contributed by atoms with Crippen LogP contribution >= 0.6 is 22.9 Å². The fraction of sp³-hybridized carbons (Fsp3) is 0.176. The molecule has 0 bridgehead atoms. The summed E-state index contributed by atoms with van der Waals surface area (Å²) < 4.78 is 34.9. The number of carbonyl (C=O) groups is 1. The lowest BCUT2D eigenvalue weighted by Crippen LogP contribution is -2.17. The minimum atomic E-state index is -3.31. The number of halogens is 1. The van der Waals surface area contributed by atoms with E-state index in [-0.39, 0.29) is 4.90 Å². The highest BCUT2D eigenvalue weighted by Crippen LogP contribution is 2.38. The van der Waals surface area contributed by atoms with Crippen LogP contribution in [0.1, 0.15) is 10.4 Å². The molecule has 1 aromatic heterocycles. The Morgan fingerprint density at radius 3 is 2.78 bits per heavy atom. The van der Waals surface area contributed by atoms with Gasteiger partial charge in [-0.3, -0.25) is 10.1 Å². The number of fused-ring (bicyclic) bond motifs is 2. The van der Waals surface area contributed by atoms with Crippen LogP contribution in [-0.4, -0.2) is 38.8 Å². The summed E-state index contributed by atoms with van der Waals surface area (Å²) in [5.41, 5.74) is 0.906. The molecule has 1 amide bonds. The van der Waals surface area contributed by atoms with E-state index >= 15 is 0 Å². The lowest BCUT2D eigenvalue weighted by molar-refractivity contribution is 0.102. The first-order valence-corrected chi connectivity index (χ1v) is 10.9. The van der Waals surface area contributed by atoms with Crippen LogP contribution in [0.15, 0.2) is 35.2 Å². The minimum absolute atomic E-state index is 0.204. The van der Waals surface area contributed by atoms with Crippen molar-refractivity contribution in [2.75, 3.05) is 24.8 Å². The lowest BCUT2D eigenvalue weighted by atomic mass is 10.2. The van der Waals surface area contributed by atoms with E-state index in [9.17, 15) is 13.2 Å². The normalized spacial score (nSPS) is 13.6. The predicted molar refractivity (Wildman–Crippen MR) is 103 cm³/mol. The fourth-order valence-corrected chi connectivity index (χ4v) is 4.49. The molecule has 0 saturated carbocycles. The average molecular weight is 425 g/mol. The van der Waals surface area contributed by atoms with Crippen LogP contribution in [-0.2, 0) is 9.84 Å². The molecule has 1 aliphatic heterocycles. The molecule has 2 heterocycles. The molecule has 0 aliphatic carbocycles. The van der Waals surface area contributed by atoms with E-state index in [1.807, 2.05) is 0 Å². The number of ether oxygens (including phenoxy) is 2. The molecule has 0 unspecified atom stereocenters. The third-order valence-corrected chi connectivity index (χ3v) is 6.19. The molecule has 140 valence electrons. The van der Waals surface area contributed by atoms with Gasteiger partial charge in [0.25, 0.3) is 5.91 Å². The summed E-state index contributed by atoms with van der Waals surface area (Å²) in [7, 11) is -3.31. The number of carbonyl (C=O) groups excluding carboxylic acids is 1. The molecule has 0 saturated heterocycles. The number of nitrogens with zero attached hydrogens (tertiary/aromatic N) is 1. The molecule has 1 aliphatic rings. The monoisotopic (exact) mass is 424 g/mol. The highest BCUT2D eigenvalue weighted by atomic mass is 35.5. The maximum absolute atomic E-state index is 12.6. The summed E-state index contributed by atoms with van der Waals surface area (Å²) in [6, 6.07) is 7.70. The van der Waals surface area contributed by atoms with Crippen molar-refractivity contribution in [3.63, 3.8) is 0 Å². The Labute approximate surface area is 163 Å². The Kier molecular flexibility index (Phi) is 4.45. The van der Waals surface area contributed by atoms with Crippen molar-refractivity contribution in [3.8, 4) is 11.5 Å². The van der Waals surface area contributed by atoms with Gasteiger partial charge in [0, 0.05) is 11.8 Å². The second-order valence-electron chi connectivity index (χ2n) is 5.86. The van der Waals surface area contributed by atoms with Crippen LogP contribution in [0, 0.1) is 0 Å². The third-order valence-electron chi connectivity index (χ3n) is 3.87. The van der Waals surface area contributed by atoms with E-state index in [4.69, 9.17) is 21.1 Å². The van der Waals surface area contributed by atoms with E-state index in [2.05, 4.69) is 10.3 Å². The van der Waals surface area contributed by atoms with Crippen molar-refractivity contribution in [2.24, 2.45) is 0 Å². The molecule has 7 nitrogen and oxygen atoms in total. The number of aromatic nitrogens is 1. The van der Waals surface area contributed by atoms with E-state index in [0.717, 1.165) is 6.26 Å². The van der Waals surface area contributed by atoms with Gasteiger partial charge in [-0.25, -0.2) is 13.4 Å². The highest BCUT2D eigenvalue weighted by Gasteiger charge is 2.20. The Hall–Kier alpha value is -2.36. The molecule has 2 aromatic carbocycles. The van der Waals surface area contributed by atoms with Gasteiger partial charge in [-0.2, -0.15) is 0 Å². The van der Waals surface area contributed by atoms with Crippen molar-refractivity contribution in [2.45, 2.75) is 4.90 Å². The van der Waals surface area contributed by atoms with Gasteiger partial charge in [0.1, 0.15) is 13.2 Å². The smallest absolute Gasteiger partial charge is 0.257 e. The zero-order valence-corrected chi connectivity index (χ0v) is 16.4. The van der Waals surface area contributed by atoms with Crippen molar-refractivity contribution >= 4 is 54.0 Å². The summed E-state index contributed by atoms with van der Waals surface area (Å²) in [5, 5.41) is 3.35. The SMILES string of the molecule is CS(=O)(=O)c1ccc2nc(NC(=O)c3cc(Cl)c4c(c3)OCCO4)sc2c1. The quantitative estimate of drug-likeness (QED) is 0.692. The van der Waals surface area contributed by atoms with Gasteiger partial charge in [0.15, 0.2) is 26.5 Å². The van der Waals surface area contributed by atoms with Gasteiger partial charge in [-0.1, -0.05) is 22.9 Å². The molecule has 3 aromatic rings. The van der Waals surface area contributed by atoms with Crippen molar-refractivity contribution in [1.82, 2.24) is 4.98 Å². The van der Waals surface area contributed by atoms with Crippen LogP contribution in [0.4, 0.5) is 5.13 Å². The average Bonchev–Trinajstić information content (AvgIpc) is 3.02. The van der Waals surface area contributed by atoms with Crippen LogP contribution in [0.3, 0.4) is 0 Å². The number of amides is 1. The second kappa shape index (κ2) is 6.66. The lowest BCUT2D eigenvalue weighted by Gasteiger charge is -2.20. The molecular formula is C17H13ClN2O5S2. The maximum atomic E-state index is 12.6. The fourth-order valence-electron chi connectivity index (χ4n) is 2.60. The number of anilines is 1. The number of thiazole rings is 1. The van der Waals surface area contributed by atoms with Gasteiger partial charge in [-0.15, -0.1) is 0 Å². The van der Waals surface area contributed by atoms with E-state index in [0.29, 0.717) is 50.6 Å². The van der Waals surface area contributed by atoms with Crippen molar-refractivity contribution < 1.29 is 22.7 Å². The van der Waals surface area contributed by atoms with Crippen molar-refractivity contribution in [3.05, 3.63) is 40.9 Å². The van der Waals surface area contributed by atoms with Crippen LogP contribution < -0.4 is 14.8 Å².